The topological polar surface area (TPSA) is 41.1 Å². The van der Waals surface area contributed by atoms with E-state index in [1.165, 1.54) is 15.3 Å². The van der Waals surface area contributed by atoms with Crippen LogP contribution in [0, 0.1) is 13.8 Å². The van der Waals surface area contributed by atoms with Crippen LogP contribution in [0.15, 0.2) is 6.07 Å². The minimum absolute atomic E-state index is 0.181. The van der Waals surface area contributed by atoms with E-state index in [0.717, 1.165) is 19.5 Å². The van der Waals surface area contributed by atoms with Gasteiger partial charge < -0.3 is 10.6 Å². The second-order valence-electron chi connectivity index (χ2n) is 4.36. The number of hydrogen-bond donors (Lipinski definition) is 2. The zero-order valence-electron chi connectivity index (χ0n) is 9.80. The summed E-state index contributed by atoms with van der Waals surface area (Å²) in [5, 5.41) is 6.39. The third-order valence-electron chi connectivity index (χ3n) is 2.99. The molecule has 16 heavy (non-hydrogen) atoms. The molecule has 0 radical (unpaired) electrons. The summed E-state index contributed by atoms with van der Waals surface area (Å²) >= 11 is 1.85. The van der Waals surface area contributed by atoms with Crippen LogP contribution in [-0.4, -0.2) is 18.5 Å². The van der Waals surface area contributed by atoms with Gasteiger partial charge in [0.05, 0.1) is 0 Å². The van der Waals surface area contributed by atoms with Gasteiger partial charge in [0.1, 0.15) is 0 Å². The van der Waals surface area contributed by atoms with Crippen molar-refractivity contribution < 1.29 is 4.79 Å². The average molecular weight is 238 g/mol. The van der Waals surface area contributed by atoms with Gasteiger partial charge in [-0.05, 0) is 31.9 Å². The molecule has 3 nitrogen and oxygen atoms in total. The van der Waals surface area contributed by atoms with E-state index in [0.29, 0.717) is 12.5 Å². The second-order valence-corrected chi connectivity index (χ2v) is 5.82. The van der Waals surface area contributed by atoms with E-state index in [1.54, 1.807) is 0 Å². The smallest absolute Gasteiger partial charge is 0.220 e. The van der Waals surface area contributed by atoms with E-state index in [4.69, 9.17) is 0 Å². The predicted octanol–water partition coefficient (Wildman–Crippen LogP) is 1.73. The number of rotatable bonds is 3. The summed E-state index contributed by atoms with van der Waals surface area (Å²) in [5.74, 6) is 0.181. The molecule has 88 valence electrons. The highest BCUT2D eigenvalue weighted by atomic mass is 32.1. The molecule has 1 aliphatic heterocycles. The maximum Gasteiger partial charge on any atom is 0.220 e. The molecule has 1 aliphatic rings. The first kappa shape index (κ1) is 11.6. The van der Waals surface area contributed by atoms with Gasteiger partial charge in [-0.2, -0.15) is 0 Å². The van der Waals surface area contributed by atoms with Crippen LogP contribution >= 0.6 is 11.3 Å². The summed E-state index contributed by atoms with van der Waals surface area (Å²) in [5.41, 5.74) is 1.39. The Labute approximate surface area is 100 Å². The first-order valence-corrected chi connectivity index (χ1v) is 6.53. The number of nitrogens with one attached hydrogen (secondary N) is 2. The van der Waals surface area contributed by atoms with Crippen molar-refractivity contribution >= 4 is 17.2 Å². The Bertz CT molecular complexity index is 376. The van der Waals surface area contributed by atoms with Gasteiger partial charge >= 0.3 is 0 Å². The normalized spacial score (nSPS) is 20.9. The minimum Gasteiger partial charge on any atom is -0.355 e. The fraction of sp³-hybridized carbons (Fsp3) is 0.583. The van der Waals surface area contributed by atoms with Gasteiger partial charge in [-0.25, -0.2) is 0 Å². The Kier molecular flexibility index (Phi) is 3.61. The standard InChI is InChI=1S/C12H18N2OS/c1-8-5-10(9(2)16-8)6-13-11-3-4-12(15)14-7-11/h5,11,13H,3-4,6-7H2,1-2H3,(H,14,15). The first-order chi connectivity index (χ1) is 7.65. The van der Waals surface area contributed by atoms with E-state index in [9.17, 15) is 4.79 Å². The van der Waals surface area contributed by atoms with E-state index < -0.39 is 0 Å². The van der Waals surface area contributed by atoms with Gasteiger partial charge in [0.2, 0.25) is 5.91 Å². The average Bonchev–Trinajstić information content (AvgIpc) is 2.57. The summed E-state index contributed by atoms with van der Waals surface area (Å²) in [7, 11) is 0. The molecule has 2 heterocycles. The van der Waals surface area contributed by atoms with Crippen molar-refractivity contribution in [2.75, 3.05) is 6.54 Å². The molecule has 1 atom stereocenters. The van der Waals surface area contributed by atoms with Gasteiger partial charge in [0.25, 0.3) is 0 Å². The maximum atomic E-state index is 11.0. The number of hydrogen-bond acceptors (Lipinski definition) is 3. The van der Waals surface area contributed by atoms with E-state index >= 15 is 0 Å². The molecule has 1 amide bonds. The van der Waals surface area contributed by atoms with Crippen LogP contribution in [-0.2, 0) is 11.3 Å². The van der Waals surface area contributed by atoms with Crippen LogP contribution in [0.4, 0.5) is 0 Å². The molecular formula is C12H18N2OS. The lowest BCUT2D eigenvalue weighted by molar-refractivity contribution is -0.122. The first-order valence-electron chi connectivity index (χ1n) is 5.71. The molecule has 1 unspecified atom stereocenters. The van der Waals surface area contributed by atoms with Crippen molar-refractivity contribution in [3.05, 3.63) is 21.4 Å². The molecule has 0 saturated carbocycles. The van der Waals surface area contributed by atoms with Gasteiger partial charge in [-0.3, -0.25) is 4.79 Å². The summed E-state index contributed by atoms with van der Waals surface area (Å²) < 4.78 is 0. The van der Waals surface area contributed by atoms with Crippen LogP contribution in [0.25, 0.3) is 0 Å². The van der Waals surface area contributed by atoms with Crippen LogP contribution < -0.4 is 10.6 Å². The molecule has 4 heteroatoms. The Morgan fingerprint density at radius 2 is 2.38 bits per heavy atom. The minimum atomic E-state index is 0.181. The Morgan fingerprint density at radius 1 is 1.56 bits per heavy atom. The molecule has 0 spiro atoms. The van der Waals surface area contributed by atoms with Crippen LogP contribution in [0.5, 0.6) is 0 Å². The zero-order chi connectivity index (χ0) is 11.5. The van der Waals surface area contributed by atoms with Crippen molar-refractivity contribution in [2.24, 2.45) is 0 Å². The van der Waals surface area contributed by atoms with E-state index in [1.807, 2.05) is 11.3 Å². The number of carbonyl (C=O) groups excluding carboxylic acids is 1. The molecule has 0 aromatic carbocycles. The molecule has 2 N–H and O–H groups in total. The van der Waals surface area contributed by atoms with Crippen molar-refractivity contribution in [2.45, 2.75) is 39.3 Å². The lowest BCUT2D eigenvalue weighted by Gasteiger charge is -2.23. The molecule has 0 bridgehead atoms. The van der Waals surface area contributed by atoms with E-state index in [-0.39, 0.29) is 5.91 Å². The third kappa shape index (κ3) is 2.83. The summed E-state index contributed by atoms with van der Waals surface area (Å²) in [6, 6.07) is 2.67. The Hall–Kier alpha value is -0.870. The molecule has 1 aromatic rings. The summed E-state index contributed by atoms with van der Waals surface area (Å²) in [6.45, 7) is 5.98. The number of aryl methyl sites for hydroxylation is 2. The predicted molar refractivity (Wildman–Crippen MR) is 66.7 cm³/mol. The SMILES string of the molecule is Cc1cc(CNC2CCC(=O)NC2)c(C)s1. The summed E-state index contributed by atoms with van der Waals surface area (Å²) in [4.78, 5) is 13.8. The van der Waals surface area contributed by atoms with Crippen LogP contribution in [0.1, 0.15) is 28.2 Å². The van der Waals surface area contributed by atoms with Gasteiger partial charge in [-0.1, -0.05) is 0 Å². The highest BCUT2D eigenvalue weighted by molar-refractivity contribution is 7.12. The number of piperidine rings is 1. The van der Waals surface area contributed by atoms with Gasteiger partial charge in [0, 0.05) is 35.3 Å². The molecule has 1 saturated heterocycles. The Balaban J connectivity index is 1.83. The maximum absolute atomic E-state index is 11.0. The monoisotopic (exact) mass is 238 g/mol. The molecule has 1 aromatic heterocycles. The van der Waals surface area contributed by atoms with Gasteiger partial charge in [0.15, 0.2) is 0 Å². The number of amides is 1. The zero-order valence-corrected chi connectivity index (χ0v) is 10.6. The molecule has 0 aliphatic carbocycles. The highest BCUT2D eigenvalue weighted by Gasteiger charge is 2.17. The Morgan fingerprint density at radius 3 is 2.94 bits per heavy atom. The largest absolute Gasteiger partial charge is 0.355 e. The van der Waals surface area contributed by atoms with Crippen LogP contribution in [0.2, 0.25) is 0 Å². The fourth-order valence-corrected chi connectivity index (χ4v) is 2.97. The van der Waals surface area contributed by atoms with Crippen molar-refractivity contribution in [1.82, 2.24) is 10.6 Å². The molecule has 2 rings (SSSR count). The van der Waals surface area contributed by atoms with Crippen molar-refractivity contribution in [1.29, 1.82) is 0 Å². The van der Waals surface area contributed by atoms with Crippen molar-refractivity contribution in [3.63, 3.8) is 0 Å². The third-order valence-corrected chi connectivity index (χ3v) is 4.00. The molecule has 1 fully saturated rings. The highest BCUT2D eigenvalue weighted by Crippen LogP contribution is 2.20. The second kappa shape index (κ2) is 4.97. The number of thiophene rings is 1. The fourth-order valence-electron chi connectivity index (χ4n) is 2.02. The summed E-state index contributed by atoms with van der Waals surface area (Å²) in [6.07, 6.45) is 1.60. The lowest BCUT2D eigenvalue weighted by atomic mass is 10.1. The van der Waals surface area contributed by atoms with Crippen LogP contribution in [0.3, 0.4) is 0 Å². The van der Waals surface area contributed by atoms with E-state index in [2.05, 4.69) is 30.5 Å². The lowest BCUT2D eigenvalue weighted by Crippen LogP contribution is -2.45. The quantitative estimate of drug-likeness (QED) is 0.842. The van der Waals surface area contributed by atoms with Gasteiger partial charge in [-0.15, -0.1) is 11.3 Å². The number of carbonyl (C=O) groups is 1. The van der Waals surface area contributed by atoms with Crippen molar-refractivity contribution in [3.8, 4) is 0 Å². The molecular weight excluding hydrogens is 220 g/mol.